The van der Waals surface area contributed by atoms with E-state index in [-0.39, 0.29) is 23.0 Å². The summed E-state index contributed by atoms with van der Waals surface area (Å²) in [7, 11) is 0. The molecule has 1 rings (SSSR count). The van der Waals surface area contributed by atoms with Crippen LogP contribution in [0.15, 0.2) is 28.7 Å². The Bertz CT molecular complexity index is 287. The van der Waals surface area contributed by atoms with Crippen molar-refractivity contribution in [2.75, 3.05) is 6.61 Å². The molecule has 72 valence electrons. The van der Waals surface area contributed by atoms with Crippen LogP contribution in [0.2, 0.25) is 0 Å². The van der Waals surface area contributed by atoms with Gasteiger partial charge in [-0.2, -0.15) is 0 Å². The van der Waals surface area contributed by atoms with Crippen LogP contribution in [0.1, 0.15) is 17.3 Å². The molecule has 0 heterocycles. The lowest BCUT2D eigenvalue weighted by atomic mass is 10.2. The van der Waals surface area contributed by atoms with Gasteiger partial charge >= 0.3 is 5.97 Å². The van der Waals surface area contributed by atoms with Gasteiger partial charge in [-0.15, -0.1) is 17.0 Å². The molecule has 0 saturated heterocycles. The van der Waals surface area contributed by atoms with E-state index in [1.807, 2.05) is 12.1 Å². The Morgan fingerprint density at radius 3 is 2.62 bits per heavy atom. The van der Waals surface area contributed by atoms with Gasteiger partial charge in [0.15, 0.2) is 0 Å². The molecule has 0 unspecified atom stereocenters. The van der Waals surface area contributed by atoms with E-state index in [4.69, 9.17) is 4.74 Å². The summed E-state index contributed by atoms with van der Waals surface area (Å²) in [6, 6.07) is 7.19. The van der Waals surface area contributed by atoms with Crippen molar-refractivity contribution in [2.45, 2.75) is 6.92 Å². The maximum atomic E-state index is 11.2. The number of esters is 1. The van der Waals surface area contributed by atoms with Crippen LogP contribution in [0, 0.1) is 0 Å². The third kappa shape index (κ3) is 3.48. The fraction of sp³-hybridized carbons (Fsp3) is 0.222. The SMILES string of the molecule is Br.CCOC(=O)c1ccccc1Br. The van der Waals surface area contributed by atoms with Crippen molar-refractivity contribution in [3.63, 3.8) is 0 Å². The van der Waals surface area contributed by atoms with Crippen molar-refractivity contribution in [2.24, 2.45) is 0 Å². The summed E-state index contributed by atoms with van der Waals surface area (Å²) >= 11 is 3.27. The maximum absolute atomic E-state index is 11.2. The van der Waals surface area contributed by atoms with Crippen molar-refractivity contribution in [1.82, 2.24) is 0 Å². The first-order chi connectivity index (χ1) is 5.75. The van der Waals surface area contributed by atoms with Crippen LogP contribution in [0.4, 0.5) is 0 Å². The highest BCUT2D eigenvalue weighted by Gasteiger charge is 2.08. The third-order valence-electron chi connectivity index (χ3n) is 1.37. The fourth-order valence-corrected chi connectivity index (χ4v) is 1.28. The van der Waals surface area contributed by atoms with E-state index in [0.29, 0.717) is 12.2 Å². The largest absolute Gasteiger partial charge is 0.462 e. The second-order valence-electron chi connectivity index (χ2n) is 2.20. The van der Waals surface area contributed by atoms with Crippen molar-refractivity contribution >= 4 is 38.9 Å². The molecule has 0 saturated carbocycles. The molecule has 0 bridgehead atoms. The van der Waals surface area contributed by atoms with Gasteiger partial charge in [0.2, 0.25) is 0 Å². The molecule has 0 aliphatic rings. The van der Waals surface area contributed by atoms with Gasteiger partial charge < -0.3 is 4.74 Å². The van der Waals surface area contributed by atoms with Gasteiger partial charge in [-0.1, -0.05) is 12.1 Å². The predicted octanol–water partition coefficient (Wildman–Crippen LogP) is 3.20. The number of ether oxygens (including phenoxy) is 1. The van der Waals surface area contributed by atoms with Crippen LogP contribution in [0.5, 0.6) is 0 Å². The normalized spacial score (nSPS) is 8.77. The topological polar surface area (TPSA) is 26.3 Å². The highest BCUT2D eigenvalue weighted by molar-refractivity contribution is 9.10. The Balaban J connectivity index is 0.00000144. The molecule has 1 aromatic carbocycles. The van der Waals surface area contributed by atoms with Crippen molar-refractivity contribution in [3.05, 3.63) is 34.3 Å². The van der Waals surface area contributed by atoms with Crippen LogP contribution in [0.3, 0.4) is 0 Å². The molecule has 1 aromatic rings. The Kier molecular flexibility index (Phi) is 5.99. The molecule has 0 N–H and O–H groups in total. The Morgan fingerprint density at radius 2 is 2.08 bits per heavy atom. The monoisotopic (exact) mass is 308 g/mol. The zero-order valence-electron chi connectivity index (χ0n) is 7.12. The molecule has 0 aliphatic heterocycles. The second kappa shape index (κ2) is 6.16. The lowest BCUT2D eigenvalue weighted by Crippen LogP contribution is -2.04. The molecule has 2 nitrogen and oxygen atoms in total. The minimum atomic E-state index is -0.287. The van der Waals surface area contributed by atoms with E-state index in [1.165, 1.54) is 0 Å². The third-order valence-corrected chi connectivity index (χ3v) is 2.06. The fourth-order valence-electron chi connectivity index (χ4n) is 0.836. The summed E-state index contributed by atoms with van der Waals surface area (Å²) in [5.74, 6) is -0.287. The van der Waals surface area contributed by atoms with Crippen molar-refractivity contribution in [1.29, 1.82) is 0 Å². The van der Waals surface area contributed by atoms with E-state index in [1.54, 1.807) is 19.1 Å². The smallest absolute Gasteiger partial charge is 0.339 e. The summed E-state index contributed by atoms with van der Waals surface area (Å²) < 4.78 is 5.61. The minimum Gasteiger partial charge on any atom is -0.462 e. The van der Waals surface area contributed by atoms with E-state index < -0.39 is 0 Å². The molecular weight excluding hydrogens is 300 g/mol. The molecule has 0 radical (unpaired) electrons. The van der Waals surface area contributed by atoms with Crippen LogP contribution >= 0.6 is 32.9 Å². The number of rotatable bonds is 2. The van der Waals surface area contributed by atoms with Gasteiger partial charge in [-0.3, -0.25) is 0 Å². The first-order valence-corrected chi connectivity index (χ1v) is 4.46. The number of hydrogen-bond donors (Lipinski definition) is 0. The number of halogens is 2. The van der Waals surface area contributed by atoms with E-state index in [9.17, 15) is 4.79 Å². The van der Waals surface area contributed by atoms with Crippen LogP contribution in [-0.2, 0) is 4.74 Å². The summed E-state index contributed by atoms with van der Waals surface area (Å²) in [4.78, 5) is 11.2. The van der Waals surface area contributed by atoms with E-state index >= 15 is 0 Å². The van der Waals surface area contributed by atoms with Gasteiger partial charge in [-0.25, -0.2) is 4.79 Å². The Labute approximate surface area is 96.2 Å². The van der Waals surface area contributed by atoms with Crippen molar-refractivity contribution < 1.29 is 9.53 Å². The summed E-state index contributed by atoms with van der Waals surface area (Å²) in [6.07, 6.45) is 0. The molecule has 4 heteroatoms. The highest BCUT2D eigenvalue weighted by atomic mass is 79.9. The zero-order valence-corrected chi connectivity index (χ0v) is 10.4. The molecule has 0 amide bonds. The molecular formula is C9H10Br2O2. The maximum Gasteiger partial charge on any atom is 0.339 e. The molecule has 0 aromatic heterocycles. The zero-order chi connectivity index (χ0) is 8.97. The quantitative estimate of drug-likeness (QED) is 0.784. The molecule has 13 heavy (non-hydrogen) atoms. The summed E-state index contributed by atoms with van der Waals surface area (Å²) in [5, 5.41) is 0. The van der Waals surface area contributed by atoms with Gasteiger partial charge in [0.1, 0.15) is 0 Å². The first-order valence-electron chi connectivity index (χ1n) is 3.67. The van der Waals surface area contributed by atoms with E-state index in [0.717, 1.165) is 4.47 Å². The number of carbonyl (C=O) groups is 1. The van der Waals surface area contributed by atoms with Crippen LogP contribution in [-0.4, -0.2) is 12.6 Å². The minimum absolute atomic E-state index is 0. The van der Waals surface area contributed by atoms with Gasteiger partial charge in [-0.05, 0) is 35.0 Å². The van der Waals surface area contributed by atoms with Gasteiger partial charge in [0, 0.05) is 4.47 Å². The van der Waals surface area contributed by atoms with Crippen LogP contribution < -0.4 is 0 Å². The first kappa shape index (κ1) is 12.7. The summed E-state index contributed by atoms with van der Waals surface area (Å²) in [6.45, 7) is 2.19. The standard InChI is InChI=1S/C9H9BrO2.BrH/c1-2-12-9(11)7-5-3-4-6-8(7)10;/h3-6H,2H2,1H3;1H. The van der Waals surface area contributed by atoms with Gasteiger partial charge in [0.25, 0.3) is 0 Å². The Morgan fingerprint density at radius 1 is 1.46 bits per heavy atom. The van der Waals surface area contributed by atoms with Crippen LogP contribution in [0.25, 0.3) is 0 Å². The number of hydrogen-bond acceptors (Lipinski definition) is 2. The Hall–Kier alpha value is -0.350. The van der Waals surface area contributed by atoms with E-state index in [2.05, 4.69) is 15.9 Å². The lowest BCUT2D eigenvalue weighted by Gasteiger charge is -2.02. The second-order valence-corrected chi connectivity index (χ2v) is 3.05. The van der Waals surface area contributed by atoms with Crippen molar-refractivity contribution in [3.8, 4) is 0 Å². The molecule has 0 spiro atoms. The predicted molar refractivity (Wildman–Crippen MR) is 60.4 cm³/mol. The average molecular weight is 310 g/mol. The molecule has 0 aliphatic carbocycles. The average Bonchev–Trinajstić information content (AvgIpc) is 2.05. The highest BCUT2D eigenvalue weighted by Crippen LogP contribution is 2.16. The number of benzene rings is 1. The van der Waals surface area contributed by atoms with Gasteiger partial charge in [0.05, 0.1) is 12.2 Å². The molecule has 0 atom stereocenters. The lowest BCUT2D eigenvalue weighted by molar-refractivity contribution is 0.0525. The molecule has 0 fully saturated rings. The summed E-state index contributed by atoms with van der Waals surface area (Å²) in [5.41, 5.74) is 0.569. The number of carbonyl (C=O) groups excluding carboxylic acids is 1.